The van der Waals surface area contributed by atoms with E-state index >= 15 is 0 Å². The first-order chi connectivity index (χ1) is 6.06. The Morgan fingerprint density at radius 1 is 1.54 bits per heavy atom. The van der Waals surface area contributed by atoms with Gasteiger partial charge in [0.2, 0.25) is 0 Å². The van der Waals surface area contributed by atoms with Gasteiger partial charge >= 0.3 is 5.97 Å². The van der Waals surface area contributed by atoms with Crippen molar-refractivity contribution in [3.8, 4) is 5.75 Å². The second kappa shape index (κ2) is 3.66. The zero-order chi connectivity index (χ0) is 10.0. The molecule has 0 radical (unpaired) electrons. The van der Waals surface area contributed by atoms with Crippen LogP contribution < -0.4 is 0 Å². The molecule has 0 unspecified atom stereocenters. The molecule has 70 valence electrons. The summed E-state index contributed by atoms with van der Waals surface area (Å²) >= 11 is 5.75. The monoisotopic (exact) mass is 200 g/mol. The fourth-order valence-electron chi connectivity index (χ4n) is 0.987. The van der Waals surface area contributed by atoms with E-state index in [1.807, 2.05) is 0 Å². The van der Waals surface area contributed by atoms with Crippen LogP contribution in [0.15, 0.2) is 12.1 Å². The average Bonchev–Trinajstić information content (AvgIpc) is 2.10. The number of ether oxygens (including phenoxy) is 1. The summed E-state index contributed by atoms with van der Waals surface area (Å²) in [5.74, 6) is -0.550. The van der Waals surface area contributed by atoms with Crippen LogP contribution in [0.3, 0.4) is 0 Å². The third-order valence-electron chi connectivity index (χ3n) is 1.73. The highest BCUT2D eigenvalue weighted by Gasteiger charge is 2.12. The molecular formula is C9H9ClO3. The molecule has 0 saturated heterocycles. The number of aromatic hydroxyl groups is 1. The van der Waals surface area contributed by atoms with Crippen LogP contribution in [0.2, 0.25) is 5.02 Å². The predicted molar refractivity (Wildman–Crippen MR) is 49.2 cm³/mol. The zero-order valence-electron chi connectivity index (χ0n) is 7.30. The molecule has 0 fully saturated rings. The molecule has 0 atom stereocenters. The van der Waals surface area contributed by atoms with Gasteiger partial charge < -0.3 is 9.84 Å². The number of rotatable bonds is 1. The van der Waals surface area contributed by atoms with Gasteiger partial charge in [-0.1, -0.05) is 11.6 Å². The Balaban J connectivity index is 3.28. The molecule has 0 amide bonds. The molecule has 0 aliphatic rings. The Kier molecular flexibility index (Phi) is 2.78. The summed E-state index contributed by atoms with van der Waals surface area (Å²) < 4.78 is 4.52. The number of phenols is 1. The van der Waals surface area contributed by atoms with E-state index in [0.717, 1.165) is 0 Å². The SMILES string of the molecule is COC(=O)c1cc(O)cc(Cl)c1C. The molecule has 1 aromatic rings. The summed E-state index contributed by atoms with van der Waals surface area (Å²) in [7, 11) is 1.28. The number of phenolic OH excluding ortho intramolecular Hbond substituents is 1. The second-order valence-electron chi connectivity index (χ2n) is 2.59. The Bertz CT molecular complexity index is 347. The van der Waals surface area contributed by atoms with Gasteiger partial charge in [-0.05, 0) is 24.6 Å². The lowest BCUT2D eigenvalue weighted by molar-refractivity contribution is 0.0599. The second-order valence-corrected chi connectivity index (χ2v) is 3.00. The highest BCUT2D eigenvalue weighted by atomic mass is 35.5. The van der Waals surface area contributed by atoms with Crippen LogP contribution in [0.5, 0.6) is 5.75 Å². The Morgan fingerprint density at radius 3 is 2.69 bits per heavy atom. The first-order valence-corrected chi connectivity index (χ1v) is 4.01. The van der Waals surface area contributed by atoms with Crippen molar-refractivity contribution in [3.63, 3.8) is 0 Å². The Hall–Kier alpha value is -1.22. The molecule has 0 aromatic heterocycles. The summed E-state index contributed by atoms with van der Waals surface area (Å²) in [6, 6.07) is 2.70. The van der Waals surface area contributed by atoms with E-state index in [1.165, 1.54) is 19.2 Å². The maximum atomic E-state index is 11.1. The van der Waals surface area contributed by atoms with Gasteiger partial charge in [-0.15, -0.1) is 0 Å². The molecule has 0 aliphatic carbocycles. The van der Waals surface area contributed by atoms with Crippen molar-refractivity contribution in [1.82, 2.24) is 0 Å². The molecule has 0 spiro atoms. The van der Waals surface area contributed by atoms with E-state index in [-0.39, 0.29) is 11.3 Å². The van der Waals surface area contributed by atoms with Crippen molar-refractivity contribution in [1.29, 1.82) is 0 Å². The predicted octanol–water partition coefficient (Wildman–Crippen LogP) is 2.14. The Labute approximate surface area is 80.9 Å². The third-order valence-corrected chi connectivity index (χ3v) is 2.13. The smallest absolute Gasteiger partial charge is 0.338 e. The molecule has 3 nitrogen and oxygen atoms in total. The lowest BCUT2D eigenvalue weighted by Crippen LogP contribution is -2.03. The number of carbonyl (C=O) groups excluding carboxylic acids is 1. The molecule has 4 heteroatoms. The number of carbonyl (C=O) groups is 1. The number of methoxy groups -OCH3 is 1. The first kappa shape index (κ1) is 9.86. The summed E-state index contributed by atoms with van der Waals surface area (Å²) in [6.07, 6.45) is 0. The molecular weight excluding hydrogens is 192 g/mol. The van der Waals surface area contributed by atoms with Gasteiger partial charge in [-0.2, -0.15) is 0 Å². The van der Waals surface area contributed by atoms with Crippen LogP contribution in [-0.2, 0) is 4.74 Å². The molecule has 0 heterocycles. The van der Waals surface area contributed by atoms with Crippen molar-refractivity contribution in [3.05, 3.63) is 28.3 Å². The van der Waals surface area contributed by atoms with Crippen LogP contribution >= 0.6 is 11.6 Å². The number of hydrogen-bond donors (Lipinski definition) is 1. The van der Waals surface area contributed by atoms with E-state index in [9.17, 15) is 9.90 Å². The van der Waals surface area contributed by atoms with E-state index < -0.39 is 5.97 Å². The quantitative estimate of drug-likeness (QED) is 0.707. The minimum atomic E-state index is -0.504. The van der Waals surface area contributed by atoms with E-state index in [4.69, 9.17) is 11.6 Å². The summed E-state index contributed by atoms with van der Waals surface area (Å²) in [6.45, 7) is 1.69. The Morgan fingerprint density at radius 2 is 2.15 bits per heavy atom. The number of halogens is 1. The van der Waals surface area contributed by atoms with Gasteiger partial charge in [0, 0.05) is 5.02 Å². The number of benzene rings is 1. The third kappa shape index (κ3) is 1.92. The van der Waals surface area contributed by atoms with Gasteiger partial charge in [-0.25, -0.2) is 4.79 Å². The highest BCUT2D eigenvalue weighted by Crippen LogP contribution is 2.25. The fourth-order valence-corrected chi connectivity index (χ4v) is 1.20. The van der Waals surface area contributed by atoms with Crippen LogP contribution in [0, 0.1) is 6.92 Å². The van der Waals surface area contributed by atoms with Gasteiger partial charge in [0.1, 0.15) is 5.75 Å². The van der Waals surface area contributed by atoms with Crippen LogP contribution in [0.4, 0.5) is 0 Å². The number of esters is 1. The minimum Gasteiger partial charge on any atom is -0.508 e. The largest absolute Gasteiger partial charge is 0.508 e. The summed E-state index contributed by atoms with van der Waals surface area (Å²) in [5, 5.41) is 9.52. The molecule has 1 aromatic carbocycles. The van der Waals surface area contributed by atoms with Crippen molar-refractivity contribution >= 4 is 17.6 Å². The molecule has 1 N–H and O–H groups in total. The minimum absolute atomic E-state index is 0.0454. The van der Waals surface area contributed by atoms with E-state index in [1.54, 1.807) is 6.92 Å². The van der Waals surface area contributed by atoms with Gasteiger partial charge in [0.25, 0.3) is 0 Å². The number of hydrogen-bond acceptors (Lipinski definition) is 3. The van der Waals surface area contributed by atoms with Gasteiger partial charge in [0.05, 0.1) is 12.7 Å². The molecule has 0 saturated carbocycles. The maximum absolute atomic E-state index is 11.1. The van der Waals surface area contributed by atoms with Gasteiger partial charge in [-0.3, -0.25) is 0 Å². The topological polar surface area (TPSA) is 46.5 Å². The van der Waals surface area contributed by atoms with Crippen molar-refractivity contribution in [2.45, 2.75) is 6.92 Å². The first-order valence-electron chi connectivity index (χ1n) is 3.63. The zero-order valence-corrected chi connectivity index (χ0v) is 8.05. The van der Waals surface area contributed by atoms with Crippen LogP contribution in [-0.4, -0.2) is 18.2 Å². The van der Waals surface area contributed by atoms with Crippen LogP contribution in [0.1, 0.15) is 15.9 Å². The van der Waals surface area contributed by atoms with Crippen molar-refractivity contribution < 1.29 is 14.6 Å². The molecule has 0 bridgehead atoms. The van der Waals surface area contributed by atoms with Crippen molar-refractivity contribution in [2.75, 3.05) is 7.11 Å². The highest BCUT2D eigenvalue weighted by molar-refractivity contribution is 6.32. The molecule has 1 rings (SSSR count). The van der Waals surface area contributed by atoms with Crippen LogP contribution in [0.25, 0.3) is 0 Å². The standard InChI is InChI=1S/C9H9ClO3/c1-5-7(9(12)13-2)3-6(11)4-8(5)10/h3-4,11H,1-2H3. The van der Waals surface area contributed by atoms with Crippen molar-refractivity contribution in [2.24, 2.45) is 0 Å². The van der Waals surface area contributed by atoms with E-state index in [0.29, 0.717) is 10.6 Å². The van der Waals surface area contributed by atoms with Gasteiger partial charge in [0.15, 0.2) is 0 Å². The van der Waals surface area contributed by atoms with E-state index in [2.05, 4.69) is 4.74 Å². The summed E-state index contributed by atoms with van der Waals surface area (Å²) in [5.41, 5.74) is 0.888. The molecule has 0 aliphatic heterocycles. The normalized spacial score (nSPS) is 9.77. The average molecular weight is 201 g/mol. The summed E-state index contributed by atoms with van der Waals surface area (Å²) in [4.78, 5) is 11.1. The maximum Gasteiger partial charge on any atom is 0.338 e. The molecule has 13 heavy (non-hydrogen) atoms. The lowest BCUT2D eigenvalue weighted by atomic mass is 10.1. The fraction of sp³-hybridized carbons (Fsp3) is 0.222. The lowest BCUT2D eigenvalue weighted by Gasteiger charge is -2.05.